The van der Waals surface area contributed by atoms with Crippen molar-refractivity contribution in [1.82, 2.24) is 10.3 Å². The zero-order valence-corrected chi connectivity index (χ0v) is 11.7. The highest BCUT2D eigenvalue weighted by molar-refractivity contribution is 7.09. The fourth-order valence-electron chi connectivity index (χ4n) is 1.99. The number of nitrogens with zero attached hydrogens (tertiary/aromatic N) is 1. The predicted molar refractivity (Wildman–Crippen MR) is 71.3 cm³/mol. The lowest BCUT2D eigenvalue weighted by Gasteiger charge is -2.41. The molecule has 4 heteroatoms. The summed E-state index contributed by atoms with van der Waals surface area (Å²) in [6.07, 6.45) is 3.39. The zero-order chi connectivity index (χ0) is 12.5. The SMILES string of the molecule is CC(C)(C)c1csc(CNC2(CO)CCC2)n1. The summed E-state index contributed by atoms with van der Waals surface area (Å²) in [5.41, 5.74) is 1.26. The molecule has 1 aliphatic carbocycles. The van der Waals surface area contributed by atoms with Gasteiger partial charge in [0.15, 0.2) is 0 Å². The molecular weight excluding hydrogens is 232 g/mol. The molecule has 0 bridgehead atoms. The monoisotopic (exact) mass is 254 g/mol. The van der Waals surface area contributed by atoms with Crippen LogP contribution in [-0.2, 0) is 12.0 Å². The van der Waals surface area contributed by atoms with Crippen molar-refractivity contribution >= 4 is 11.3 Å². The number of hydrogen-bond donors (Lipinski definition) is 2. The Morgan fingerprint density at radius 2 is 2.18 bits per heavy atom. The number of aromatic nitrogens is 1. The van der Waals surface area contributed by atoms with E-state index in [1.165, 1.54) is 6.42 Å². The first-order valence-electron chi connectivity index (χ1n) is 6.26. The van der Waals surface area contributed by atoms with Gasteiger partial charge in [0.2, 0.25) is 0 Å². The Morgan fingerprint density at radius 1 is 1.47 bits per heavy atom. The summed E-state index contributed by atoms with van der Waals surface area (Å²) in [4.78, 5) is 4.65. The molecule has 0 amide bonds. The molecule has 2 rings (SSSR count). The Morgan fingerprint density at radius 3 is 2.59 bits per heavy atom. The molecule has 0 atom stereocenters. The van der Waals surface area contributed by atoms with E-state index in [0.29, 0.717) is 0 Å². The van der Waals surface area contributed by atoms with Gasteiger partial charge in [-0.15, -0.1) is 11.3 Å². The number of hydrogen-bond acceptors (Lipinski definition) is 4. The third-order valence-corrected chi connectivity index (χ3v) is 4.40. The molecule has 96 valence electrons. The van der Waals surface area contributed by atoms with Crippen molar-refractivity contribution in [3.8, 4) is 0 Å². The van der Waals surface area contributed by atoms with Crippen molar-refractivity contribution in [1.29, 1.82) is 0 Å². The van der Waals surface area contributed by atoms with Gasteiger partial charge in [-0.2, -0.15) is 0 Å². The molecule has 1 heterocycles. The maximum atomic E-state index is 9.37. The topological polar surface area (TPSA) is 45.1 Å². The molecule has 1 aromatic rings. The fraction of sp³-hybridized carbons (Fsp3) is 0.769. The lowest BCUT2D eigenvalue weighted by atomic mass is 9.77. The van der Waals surface area contributed by atoms with E-state index >= 15 is 0 Å². The maximum absolute atomic E-state index is 9.37. The number of aliphatic hydroxyl groups excluding tert-OH is 1. The average Bonchev–Trinajstić information content (AvgIpc) is 2.65. The van der Waals surface area contributed by atoms with Gasteiger partial charge in [-0.25, -0.2) is 4.98 Å². The van der Waals surface area contributed by atoms with Crippen LogP contribution in [0.2, 0.25) is 0 Å². The summed E-state index contributed by atoms with van der Waals surface area (Å²) >= 11 is 1.71. The van der Waals surface area contributed by atoms with Crippen LogP contribution in [0.3, 0.4) is 0 Å². The second-order valence-electron chi connectivity index (χ2n) is 6.02. The Labute approximate surface area is 107 Å². The molecule has 0 saturated heterocycles. The van der Waals surface area contributed by atoms with E-state index < -0.39 is 0 Å². The third kappa shape index (κ3) is 2.87. The van der Waals surface area contributed by atoms with Crippen LogP contribution >= 0.6 is 11.3 Å². The molecule has 1 fully saturated rings. The van der Waals surface area contributed by atoms with Crippen LogP contribution in [0, 0.1) is 0 Å². The minimum Gasteiger partial charge on any atom is -0.394 e. The van der Waals surface area contributed by atoms with Crippen LogP contribution in [0.1, 0.15) is 50.7 Å². The molecule has 0 aromatic carbocycles. The highest BCUT2D eigenvalue weighted by atomic mass is 32.1. The first-order valence-corrected chi connectivity index (χ1v) is 7.14. The Hall–Kier alpha value is -0.450. The van der Waals surface area contributed by atoms with Crippen LogP contribution in [0.25, 0.3) is 0 Å². The highest BCUT2D eigenvalue weighted by Gasteiger charge is 2.35. The lowest BCUT2D eigenvalue weighted by molar-refractivity contribution is 0.0871. The second kappa shape index (κ2) is 4.67. The number of thiazole rings is 1. The first-order chi connectivity index (χ1) is 7.95. The molecular formula is C13H22N2OS. The smallest absolute Gasteiger partial charge is 0.107 e. The van der Waals surface area contributed by atoms with Crippen LogP contribution in [0.5, 0.6) is 0 Å². The average molecular weight is 254 g/mol. The van der Waals surface area contributed by atoms with Crippen LogP contribution in [0.4, 0.5) is 0 Å². The van der Waals surface area contributed by atoms with Crippen molar-refractivity contribution in [3.63, 3.8) is 0 Å². The highest BCUT2D eigenvalue weighted by Crippen LogP contribution is 2.32. The zero-order valence-electron chi connectivity index (χ0n) is 10.9. The third-order valence-electron chi connectivity index (χ3n) is 3.55. The van der Waals surface area contributed by atoms with Crippen LogP contribution in [0.15, 0.2) is 5.38 Å². The first kappa shape index (κ1) is 13.0. The van der Waals surface area contributed by atoms with Gasteiger partial charge in [0, 0.05) is 22.9 Å². The van der Waals surface area contributed by atoms with Gasteiger partial charge in [-0.1, -0.05) is 20.8 Å². The molecule has 0 radical (unpaired) electrons. The summed E-state index contributed by atoms with van der Waals surface area (Å²) in [6, 6.07) is 0. The summed E-state index contributed by atoms with van der Waals surface area (Å²) in [5.74, 6) is 0. The molecule has 0 spiro atoms. The van der Waals surface area contributed by atoms with E-state index in [2.05, 4.69) is 36.5 Å². The van der Waals surface area contributed by atoms with Gasteiger partial charge < -0.3 is 10.4 Å². The molecule has 0 unspecified atom stereocenters. The van der Waals surface area contributed by atoms with E-state index in [0.717, 1.165) is 30.1 Å². The van der Waals surface area contributed by atoms with E-state index in [4.69, 9.17) is 0 Å². The Kier molecular flexibility index (Phi) is 3.57. The molecule has 17 heavy (non-hydrogen) atoms. The van der Waals surface area contributed by atoms with E-state index in [1.807, 2.05) is 0 Å². The van der Waals surface area contributed by atoms with Crippen molar-refractivity contribution in [2.75, 3.05) is 6.61 Å². The summed E-state index contributed by atoms with van der Waals surface area (Å²) in [5, 5.41) is 16.1. The van der Waals surface area contributed by atoms with Crippen molar-refractivity contribution in [3.05, 3.63) is 16.1 Å². The number of rotatable bonds is 4. The number of nitrogens with one attached hydrogen (secondary N) is 1. The normalized spacial score (nSPS) is 19.1. The molecule has 1 aliphatic rings. The number of aliphatic hydroxyl groups is 1. The summed E-state index contributed by atoms with van der Waals surface area (Å²) in [7, 11) is 0. The minimum absolute atomic E-state index is 0.0203. The minimum atomic E-state index is -0.0203. The predicted octanol–water partition coefficient (Wildman–Crippen LogP) is 2.45. The lowest BCUT2D eigenvalue weighted by Crippen LogP contribution is -2.53. The molecule has 1 aromatic heterocycles. The standard InChI is InChI=1S/C13H22N2OS/c1-12(2,3)10-8-17-11(15-10)7-14-13(9-16)5-4-6-13/h8,14,16H,4-7,9H2,1-3H3. The van der Waals surface area contributed by atoms with Gasteiger partial charge >= 0.3 is 0 Å². The van der Waals surface area contributed by atoms with E-state index in [9.17, 15) is 5.11 Å². The maximum Gasteiger partial charge on any atom is 0.107 e. The largest absolute Gasteiger partial charge is 0.394 e. The van der Waals surface area contributed by atoms with Crippen LogP contribution < -0.4 is 5.32 Å². The van der Waals surface area contributed by atoms with E-state index in [-0.39, 0.29) is 17.6 Å². The van der Waals surface area contributed by atoms with Gasteiger partial charge in [0.05, 0.1) is 12.3 Å². The summed E-state index contributed by atoms with van der Waals surface area (Å²) < 4.78 is 0. The quantitative estimate of drug-likeness (QED) is 0.867. The van der Waals surface area contributed by atoms with Crippen LogP contribution in [-0.4, -0.2) is 22.2 Å². The van der Waals surface area contributed by atoms with Gasteiger partial charge in [0.25, 0.3) is 0 Å². The Balaban J connectivity index is 1.93. The van der Waals surface area contributed by atoms with Crippen molar-refractivity contribution in [2.45, 2.75) is 57.5 Å². The van der Waals surface area contributed by atoms with Gasteiger partial charge in [-0.3, -0.25) is 0 Å². The fourth-order valence-corrected chi connectivity index (χ4v) is 2.95. The molecule has 2 N–H and O–H groups in total. The van der Waals surface area contributed by atoms with E-state index in [1.54, 1.807) is 11.3 Å². The summed E-state index contributed by atoms with van der Waals surface area (Å²) in [6.45, 7) is 7.56. The van der Waals surface area contributed by atoms with Gasteiger partial charge in [0.1, 0.15) is 5.01 Å². The second-order valence-corrected chi connectivity index (χ2v) is 6.96. The Bertz CT molecular complexity index is 372. The van der Waals surface area contributed by atoms with Crippen molar-refractivity contribution < 1.29 is 5.11 Å². The molecule has 1 saturated carbocycles. The van der Waals surface area contributed by atoms with Gasteiger partial charge in [-0.05, 0) is 19.3 Å². The van der Waals surface area contributed by atoms with Crippen molar-refractivity contribution in [2.24, 2.45) is 0 Å². The molecule has 0 aliphatic heterocycles. The molecule has 3 nitrogen and oxygen atoms in total.